The fourth-order valence-electron chi connectivity index (χ4n) is 4.90. The van der Waals surface area contributed by atoms with Gasteiger partial charge in [-0.3, -0.25) is 14.6 Å². The molecule has 33 heavy (non-hydrogen) atoms. The number of nitriles is 1. The largest absolute Gasteiger partial charge is 0.392 e. The quantitative estimate of drug-likeness (QED) is 0.732. The Hall–Kier alpha value is -3.00. The minimum absolute atomic E-state index is 0.227. The monoisotopic (exact) mass is 475 g/mol. The van der Waals surface area contributed by atoms with Crippen LogP contribution in [0.5, 0.6) is 0 Å². The molecule has 3 heterocycles. The SMILES string of the molecule is N#C[C@@H]1CSCN1C(=O)CNC(=O)c1ccnc2ccc(N3C[C@@H]4C(C(F)(F)F)[C@@H]4C3)cc12. The first-order valence-corrected chi connectivity index (χ1v) is 11.7. The minimum atomic E-state index is -4.14. The van der Waals surface area contributed by atoms with Gasteiger partial charge in [-0.1, -0.05) is 0 Å². The van der Waals surface area contributed by atoms with Crippen LogP contribution in [-0.4, -0.2) is 65.2 Å². The highest BCUT2D eigenvalue weighted by atomic mass is 32.2. The van der Waals surface area contributed by atoms with Crippen LogP contribution < -0.4 is 10.2 Å². The van der Waals surface area contributed by atoms with Crippen molar-refractivity contribution < 1.29 is 22.8 Å². The number of benzene rings is 1. The topological polar surface area (TPSA) is 89.3 Å². The van der Waals surface area contributed by atoms with Crippen LogP contribution in [-0.2, 0) is 4.79 Å². The first-order chi connectivity index (χ1) is 15.8. The summed E-state index contributed by atoms with van der Waals surface area (Å²) in [4.78, 5) is 32.9. The van der Waals surface area contributed by atoms with Gasteiger partial charge in [-0.15, -0.1) is 11.8 Å². The number of rotatable bonds is 4. The Labute approximate surface area is 191 Å². The van der Waals surface area contributed by atoms with Gasteiger partial charge in [-0.25, -0.2) is 0 Å². The van der Waals surface area contributed by atoms with Gasteiger partial charge in [0, 0.05) is 36.1 Å². The van der Waals surface area contributed by atoms with Gasteiger partial charge >= 0.3 is 6.18 Å². The van der Waals surface area contributed by atoms with E-state index in [1.54, 1.807) is 24.3 Å². The maximum Gasteiger partial charge on any atom is 0.392 e. The van der Waals surface area contributed by atoms with Crippen LogP contribution in [0.1, 0.15) is 10.4 Å². The van der Waals surface area contributed by atoms with Crippen LogP contribution in [0, 0.1) is 29.1 Å². The minimum Gasteiger partial charge on any atom is -0.371 e. The molecule has 11 heteroatoms. The summed E-state index contributed by atoms with van der Waals surface area (Å²) in [6.07, 6.45) is -2.64. The van der Waals surface area contributed by atoms with E-state index in [4.69, 9.17) is 5.26 Å². The van der Waals surface area contributed by atoms with Crippen molar-refractivity contribution in [1.29, 1.82) is 5.26 Å². The Balaban J connectivity index is 1.30. The number of thioether (sulfide) groups is 1. The fourth-order valence-corrected chi connectivity index (χ4v) is 6.00. The van der Waals surface area contributed by atoms with Crippen LogP contribution in [0.2, 0.25) is 0 Å². The van der Waals surface area contributed by atoms with Gasteiger partial charge in [-0.05, 0) is 36.1 Å². The summed E-state index contributed by atoms with van der Waals surface area (Å²) < 4.78 is 39.0. The first-order valence-electron chi connectivity index (χ1n) is 10.5. The Morgan fingerprint density at radius 3 is 2.70 bits per heavy atom. The van der Waals surface area contributed by atoms with E-state index >= 15 is 0 Å². The molecule has 0 bridgehead atoms. The number of carbonyl (C=O) groups is 2. The number of aromatic nitrogens is 1. The molecule has 0 spiro atoms. The van der Waals surface area contributed by atoms with Crippen molar-refractivity contribution in [1.82, 2.24) is 15.2 Å². The van der Waals surface area contributed by atoms with Crippen molar-refractivity contribution in [3.05, 3.63) is 36.0 Å². The molecule has 2 aliphatic heterocycles. The third-order valence-electron chi connectivity index (χ3n) is 6.66. The van der Waals surface area contributed by atoms with Gasteiger partial charge in [0.1, 0.15) is 6.04 Å². The third-order valence-corrected chi connectivity index (χ3v) is 7.67. The molecule has 1 aromatic carbocycles. The zero-order chi connectivity index (χ0) is 23.3. The molecule has 1 aliphatic carbocycles. The standard InChI is InChI=1S/C22H20F3N5O2S/c23-22(24,25)20-16-8-29(9-17(16)20)12-1-2-18-15(5-12)14(3-4-27-18)21(32)28-7-19(31)30-11-33-10-13(30)6-26/h1-5,13,16-17,20H,7-11H2,(H,28,32)/t13-,16-,17+,20?/m1/s1. The lowest BCUT2D eigenvalue weighted by molar-refractivity contribution is -0.154. The second-order valence-electron chi connectivity index (χ2n) is 8.55. The van der Waals surface area contributed by atoms with Gasteiger partial charge in [-0.2, -0.15) is 18.4 Å². The number of piperidine rings is 1. The Bertz CT molecular complexity index is 1150. The van der Waals surface area contributed by atoms with Crippen LogP contribution in [0.25, 0.3) is 10.9 Å². The van der Waals surface area contributed by atoms with Crippen LogP contribution in [0.3, 0.4) is 0 Å². The van der Waals surface area contributed by atoms with Crippen molar-refractivity contribution >= 4 is 40.2 Å². The van der Waals surface area contributed by atoms with Crippen molar-refractivity contribution in [3.63, 3.8) is 0 Å². The zero-order valence-electron chi connectivity index (χ0n) is 17.4. The number of carbonyl (C=O) groups excluding carboxylic acids is 2. The molecule has 2 amide bonds. The first kappa shape index (κ1) is 21.8. The average Bonchev–Trinajstić information content (AvgIpc) is 3.14. The molecule has 1 saturated carbocycles. The van der Waals surface area contributed by atoms with Gasteiger partial charge in [0.15, 0.2) is 0 Å². The number of hydrogen-bond acceptors (Lipinski definition) is 6. The lowest BCUT2D eigenvalue weighted by Gasteiger charge is -2.23. The molecule has 3 fully saturated rings. The predicted octanol–water partition coefficient (Wildman–Crippen LogP) is 2.63. The highest BCUT2D eigenvalue weighted by molar-refractivity contribution is 7.99. The summed E-state index contributed by atoms with van der Waals surface area (Å²) in [7, 11) is 0. The van der Waals surface area contributed by atoms with E-state index in [2.05, 4.69) is 16.4 Å². The van der Waals surface area contributed by atoms with Crippen molar-refractivity contribution in [2.24, 2.45) is 17.8 Å². The summed E-state index contributed by atoms with van der Waals surface area (Å²) >= 11 is 1.49. The molecule has 5 rings (SSSR count). The van der Waals surface area contributed by atoms with E-state index in [0.717, 1.165) is 5.69 Å². The molecule has 2 saturated heterocycles. The summed E-state index contributed by atoms with van der Waals surface area (Å²) in [5.74, 6) is -1.75. The van der Waals surface area contributed by atoms with E-state index in [1.165, 1.54) is 22.9 Å². The van der Waals surface area contributed by atoms with E-state index in [0.29, 0.717) is 41.2 Å². The molecule has 7 nitrogen and oxygen atoms in total. The van der Waals surface area contributed by atoms with E-state index in [-0.39, 0.29) is 24.3 Å². The van der Waals surface area contributed by atoms with Crippen molar-refractivity contribution in [2.75, 3.05) is 36.2 Å². The summed E-state index contributed by atoms with van der Waals surface area (Å²) in [6, 6.07) is 8.47. The lowest BCUT2D eigenvalue weighted by atomic mass is 10.1. The summed E-state index contributed by atoms with van der Waals surface area (Å²) in [6.45, 7) is 0.449. The molecule has 2 aromatic rings. The van der Waals surface area contributed by atoms with Crippen LogP contribution in [0.15, 0.2) is 30.5 Å². The molecular weight excluding hydrogens is 455 g/mol. The van der Waals surface area contributed by atoms with E-state index in [9.17, 15) is 22.8 Å². The number of pyridine rings is 1. The maximum atomic E-state index is 13.0. The molecule has 1 aromatic heterocycles. The summed E-state index contributed by atoms with van der Waals surface area (Å²) in [5, 5.41) is 12.3. The molecule has 1 unspecified atom stereocenters. The second kappa shape index (κ2) is 8.09. The Kier molecular flexibility index (Phi) is 5.35. The number of nitrogens with zero attached hydrogens (tertiary/aromatic N) is 4. The lowest BCUT2D eigenvalue weighted by Crippen LogP contribution is -2.42. The van der Waals surface area contributed by atoms with Gasteiger partial charge in [0.05, 0.1) is 35.5 Å². The number of fused-ring (bicyclic) bond motifs is 2. The highest BCUT2D eigenvalue weighted by Crippen LogP contribution is 2.59. The van der Waals surface area contributed by atoms with Crippen molar-refractivity contribution in [3.8, 4) is 6.07 Å². The number of nitrogens with one attached hydrogen (secondary N) is 1. The summed E-state index contributed by atoms with van der Waals surface area (Å²) in [5.41, 5.74) is 1.66. The molecule has 1 N–H and O–H groups in total. The van der Waals surface area contributed by atoms with Crippen molar-refractivity contribution in [2.45, 2.75) is 12.2 Å². The number of alkyl halides is 3. The zero-order valence-corrected chi connectivity index (χ0v) is 18.2. The third kappa shape index (κ3) is 3.97. The van der Waals surface area contributed by atoms with Gasteiger partial charge in [0.25, 0.3) is 5.91 Å². The fraction of sp³-hybridized carbons (Fsp3) is 0.455. The molecule has 0 radical (unpaired) electrons. The number of anilines is 1. The van der Waals surface area contributed by atoms with Crippen LogP contribution in [0.4, 0.5) is 18.9 Å². The maximum absolute atomic E-state index is 13.0. The average molecular weight is 475 g/mol. The van der Waals surface area contributed by atoms with E-state index < -0.39 is 24.0 Å². The Morgan fingerprint density at radius 1 is 1.24 bits per heavy atom. The smallest absolute Gasteiger partial charge is 0.371 e. The normalized spacial score (nSPS) is 26.2. The molecule has 172 valence electrons. The van der Waals surface area contributed by atoms with Gasteiger partial charge in [0.2, 0.25) is 5.91 Å². The number of halogens is 3. The molecular formula is C22H20F3N5O2S. The molecule has 3 aliphatic rings. The van der Waals surface area contributed by atoms with Gasteiger partial charge < -0.3 is 15.1 Å². The second-order valence-corrected chi connectivity index (χ2v) is 9.55. The number of amides is 2. The Morgan fingerprint density at radius 2 is 2.00 bits per heavy atom. The highest BCUT2D eigenvalue weighted by Gasteiger charge is 2.67. The molecule has 4 atom stereocenters. The van der Waals surface area contributed by atoms with Crippen LogP contribution >= 0.6 is 11.8 Å². The van der Waals surface area contributed by atoms with E-state index in [1.807, 2.05) is 4.90 Å². The number of hydrogen-bond donors (Lipinski definition) is 1. The predicted molar refractivity (Wildman–Crippen MR) is 116 cm³/mol.